The topological polar surface area (TPSA) is 61.9 Å². The van der Waals surface area contributed by atoms with Crippen LogP contribution in [0.4, 0.5) is 10.5 Å². The minimum Gasteiger partial charge on any atom is -0.444 e. The molecule has 0 aliphatic carbocycles. The number of rotatable bonds is 2. The molecule has 174 valence electrons. The van der Waals surface area contributed by atoms with Crippen LogP contribution in [0.1, 0.15) is 73.6 Å². The van der Waals surface area contributed by atoms with Crippen LogP contribution >= 0.6 is 0 Å². The van der Waals surface area contributed by atoms with Crippen molar-refractivity contribution in [2.24, 2.45) is 5.92 Å². The normalized spacial score (nSPS) is 24.2. The molecule has 1 N–H and O–H groups in total. The van der Waals surface area contributed by atoms with E-state index in [9.17, 15) is 9.59 Å². The quantitative estimate of drug-likeness (QED) is 0.671. The fourth-order valence-electron chi connectivity index (χ4n) is 5.53. The molecule has 3 aliphatic heterocycles. The summed E-state index contributed by atoms with van der Waals surface area (Å²) >= 11 is 0. The average molecular weight is 448 g/mol. The predicted molar refractivity (Wildman–Crippen MR) is 128 cm³/mol. The number of hydrogen-bond acceptors (Lipinski definition) is 4. The van der Waals surface area contributed by atoms with Gasteiger partial charge in [-0.3, -0.25) is 4.79 Å². The zero-order valence-corrected chi connectivity index (χ0v) is 19.7. The molecule has 0 bridgehead atoms. The first-order valence-corrected chi connectivity index (χ1v) is 12.1. The number of carbonyl (C=O) groups excluding carboxylic acids is 2. The maximum absolute atomic E-state index is 13.2. The molecule has 0 aromatic heterocycles. The lowest BCUT2D eigenvalue weighted by atomic mass is 9.79. The molecule has 0 spiro atoms. The Hall–Kier alpha value is -3.02. The number of anilines is 1. The van der Waals surface area contributed by atoms with Gasteiger partial charge < -0.3 is 19.9 Å². The van der Waals surface area contributed by atoms with Gasteiger partial charge in [-0.25, -0.2) is 4.79 Å². The van der Waals surface area contributed by atoms with E-state index in [-0.39, 0.29) is 30.0 Å². The van der Waals surface area contributed by atoms with E-state index >= 15 is 0 Å². The third-order valence-corrected chi connectivity index (χ3v) is 6.98. The lowest BCUT2D eigenvalue weighted by Gasteiger charge is -2.40. The zero-order chi connectivity index (χ0) is 23.2. The minimum absolute atomic E-state index is 0.0823. The number of benzene rings is 2. The van der Waals surface area contributed by atoms with Gasteiger partial charge in [-0.2, -0.15) is 0 Å². The molecule has 2 fully saturated rings. The van der Waals surface area contributed by atoms with Crippen LogP contribution in [0.3, 0.4) is 0 Å². The van der Waals surface area contributed by atoms with Crippen LogP contribution in [0.2, 0.25) is 0 Å². The monoisotopic (exact) mass is 447 g/mol. The summed E-state index contributed by atoms with van der Waals surface area (Å²) < 4.78 is 5.78. The molecule has 2 aromatic carbocycles. The van der Waals surface area contributed by atoms with Gasteiger partial charge in [0.1, 0.15) is 5.60 Å². The van der Waals surface area contributed by atoms with E-state index in [0.29, 0.717) is 12.1 Å². The highest BCUT2D eigenvalue weighted by molar-refractivity contribution is 5.95. The van der Waals surface area contributed by atoms with Crippen LogP contribution in [-0.2, 0) is 4.74 Å². The number of carbonyl (C=O) groups is 2. The highest BCUT2D eigenvalue weighted by Crippen LogP contribution is 2.51. The van der Waals surface area contributed by atoms with E-state index in [0.717, 1.165) is 43.6 Å². The third-order valence-electron chi connectivity index (χ3n) is 6.98. The molecule has 0 radical (unpaired) electrons. The molecule has 5 rings (SSSR count). The molecule has 2 aromatic rings. The summed E-state index contributed by atoms with van der Waals surface area (Å²) in [6.07, 6.45) is 2.72. The summed E-state index contributed by atoms with van der Waals surface area (Å²) in [4.78, 5) is 30.1. The fourth-order valence-corrected chi connectivity index (χ4v) is 5.53. The highest BCUT2D eigenvalue weighted by atomic mass is 16.6. The van der Waals surface area contributed by atoms with E-state index in [4.69, 9.17) is 4.74 Å². The van der Waals surface area contributed by atoms with Crippen molar-refractivity contribution >= 4 is 17.7 Å². The summed E-state index contributed by atoms with van der Waals surface area (Å²) in [5, 5.41) is 3.72. The first-order chi connectivity index (χ1) is 15.8. The van der Waals surface area contributed by atoms with Crippen molar-refractivity contribution in [3.63, 3.8) is 0 Å². The summed E-state index contributed by atoms with van der Waals surface area (Å²) in [5.41, 5.74) is 3.35. The highest BCUT2D eigenvalue weighted by Gasteiger charge is 2.47. The second-order valence-corrected chi connectivity index (χ2v) is 10.4. The number of likely N-dealkylation sites (tertiary alicyclic amines) is 2. The van der Waals surface area contributed by atoms with Crippen molar-refractivity contribution in [2.45, 2.75) is 57.7 Å². The Labute approximate surface area is 195 Å². The number of nitrogens with zero attached hydrogens (tertiary/aromatic N) is 2. The smallest absolute Gasteiger partial charge is 0.410 e. The lowest BCUT2D eigenvalue weighted by Crippen LogP contribution is -2.40. The SMILES string of the molecule is CC(C)(C)OC(=O)N1CCC2C(c3ccccc3)Nc3ccc(C(=O)N4CCCC4)cc3C21. The lowest BCUT2D eigenvalue weighted by molar-refractivity contribution is 0.0198. The van der Waals surface area contributed by atoms with Crippen molar-refractivity contribution in [2.75, 3.05) is 25.0 Å². The summed E-state index contributed by atoms with van der Waals surface area (Å²) in [7, 11) is 0. The maximum Gasteiger partial charge on any atom is 0.410 e. The first kappa shape index (κ1) is 21.8. The van der Waals surface area contributed by atoms with Crippen molar-refractivity contribution < 1.29 is 14.3 Å². The Kier molecular flexibility index (Phi) is 5.55. The van der Waals surface area contributed by atoms with Crippen LogP contribution in [0.5, 0.6) is 0 Å². The van der Waals surface area contributed by atoms with Gasteiger partial charge in [0.05, 0.1) is 12.1 Å². The van der Waals surface area contributed by atoms with Gasteiger partial charge in [0.15, 0.2) is 0 Å². The third kappa shape index (κ3) is 4.19. The standard InChI is InChI=1S/C27H33N3O3/c1-27(2,3)33-26(32)30-16-13-20-23(18-9-5-4-6-10-18)28-22-12-11-19(17-21(22)24(20)30)25(31)29-14-7-8-15-29/h4-6,9-12,17,20,23-24,28H,7-8,13-16H2,1-3H3. The first-order valence-electron chi connectivity index (χ1n) is 12.1. The fraction of sp³-hybridized carbons (Fsp3) is 0.481. The van der Waals surface area contributed by atoms with Crippen molar-refractivity contribution in [3.8, 4) is 0 Å². The number of nitrogens with one attached hydrogen (secondary N) is 1. The molecular weight excluding hydrogens is 414 g/mol. The van der Waals surface area contributed by atoms with Gasteiger partial charge in [-0.1, -0.05) is 30.3 Å². The van der Waals surface area contributed by atoms with Crippen LogP contribution in [0.15, 0.2) is 48.5 Å². The molecule has 0 saturated carbocycles. The molecule has 33 heavy (non-hydrogen) atoms. The Bertz CT molecular complexity index is 1040. The molecule has 2 amide bonds. The summed E-state index contributed by atoms with van der Waals surface area (Å²) in [5.74, 6) is 0.281. The maximum atomic E-state index is 13.2. The minimum atomic E-state index is -0.558. The van der Waals surface area contributed by atoms with Crippen LogP contribution in [-0.4, -0.2) is 47.0 Å². The van der Waals surface area contributed by atoms with Crippen LogP contribution in [0, 0.1) is 5.92 Å². The van der Waals surface area contributed by atoms with Crippen molar-refractivity contribution in [1.82, 2.24) is 9.80 Å². The number of amides is 2. The zero-order valence-electron chi connectivity index (χ0n) is 19.7. The molecule has 3 aliphatic rings. The van der Waals surface area contributed by atoms with Gasteiger partial charge in [0.2, 0.25) is 0 Å². The van der Waals surface area contributed by atoms with Gasteiger partial charge in [0.25, 0.3) is 5.91 Å². The molecule has 2 saturated heterocycles. The van der Waals surface area contributed by atoms with Gasteiger partial charge in [-0.15, -0.1) is 0 Å². The Morgan fingerprint density at radius 2 is 1.73 bits per heavy atom. The molecule has 3 atom stereocenters. The van der Waals surface area contributed by atoms with Crippen LogP contribution < -0.4 is 5.32 Å². The average Bonchev–Trinajstić information content (AvgIpc) is 3.48. The van der Waals surface area contributed by atoms with Gasteiger partial charge in [0, 0.05) is 36.8 Å². The molecule has 6 heteroatoms. The predicted octanol–water partition coefficient (Wildman–Crippen LogP) is 5.39. The summed E-state index contributed by atoms with van der Waals surface area (Å²) in [6, 6.07) is 16.3. The molecule has 3 unspecified atom stereocenters. The molecular formula is C27H33N3O3. The van der Waals surface area contributed by atoms with Gasteiger partial charge >= 0.3 is 6.09 Å². The van der Waals surface area contributed by atoms with Gasteiger partial charge in [-0.05, 0) is 69.4 Å². The van der Waals surface area contributed by atoms with E-state index in [1.807, 2.05) is 54.8 Å². The van der Waals surface area contributed by atoms with E-state index < -0.39 is 5.60 Å². The second-order valence-electron chi connectivity index (χ2n) is 10.4. The van der Waals surface area contributed by atoms with Crippen molar-refractivity contribution in [1.29, 1.82) is 0 Å². The summed E-state index contributed by atoms with van der Waals surface area (Å²) in [6.45, 7) is 7.97. The Morgan fingerprint density at radius 3 is 2.42 bits per heavy atom. The van der Waals surface area contributed by atoms with E-state index in [1.165, 1.54) is 5.56 Å². The largest absolute Gasteiger partial charge is 0.444 e. The number of hydrogen-bond donors (Lipinski definition) is 1. The molecule has 3 heterocycles. The second kappa shape index (κ2) is 8.40. The van der Waals surface area contributed by atoms with E-state index in [1.54, 1.807) is 0 Å². The Morgan fingerprint density at radius 1 is 1.00 bits per heavy atom. The van der Waals surface area contributed by atoms with Crippen molar-refractivity contribution in [3.05, 3.63) is 65.2 Å². The van der Waals surface area contributed by atoms with Crippen LogP contribution in [0.25, 0.3) is 0 Å². The Balaban J connectivity index is 1.54. The molecule has 6 nitrogen and oxygen atoms in total. The van der Waals surface area contributed by atoms with E-state index in [2.05, 4.69) is 29.6 Å². The number of ether oxygens (including phenoxy) is 1. The number of fused-ring (bicyclic) bond motifs is 3.